The van der Waals surface area contributed by atoms with Gasteiger partial charge in [-0.25, -0.2) is 0 Å². The number of aliphatic hydroxyl groups is 1. The van der Waals surface area contributed by atoms with E-state index in [0.29, 0.717) is 5.92 Å². The first kappa shape index (κ1) is 12.7. The van der Waals surface area contributed by atoms with Crippen molar-refractivity contribution < 1.29 is 5.11 Å². The fourth-order valence-electron chi connectivity index (χ4n) is 1.74. The Morgan fingerprint density at radius 1 is 1.33 bits per heavy atom. The van der Waals surface area contributed by atoms with Crippen molar-refractivity contribution in [2.24, 2.45) is 5.92 Å². The average molecular weight is 271 g/mol. The summed E-state index contributed by atoms with van der Waals surface area (Å²) in [6.07, 6.45) is 2.73. The molecule has 0 amide bonds. The summed E-state index contributed by atoms with van der Waals surface area (Å²) in [4.78, 5) is 0. The Bertz CT molecular complexity index is 298. The van der Waals surface area contributed by atoms with Crippen molar-refractivity contribution in [1.82, 2.24) is 0 Å². The van der Waals surface area contributed by atoms with Crippen molar-refractivity contribution in [2.75, 3.05) is 0 Å². The van der Waals surface area contributed by atoms with Gasteiger partial charge in [0.1, 0.15) is 0 Å². The molecule has 2 unspecified atom stereocenters. The van der Waals surface area contributed by atoms with Gasteiger partial charge in [-0.1, -0.05) is 54.4 Å². The van der Waals surface area contributed by atoms with Crippen LogP contribution < -0.4 is 0 Å². The number of halogens is 1. The standard InChI is InChI=1S/C13H19BrO/c1-3-6-10(2)13(15)9-11-7-4-5-8-12(11)14/h4-5,7-8,10,13,15H,3,6,9H2,1-2H3. The van der Waals surface area contributed by atoms with E-state index in [1.807, 2.05) is 18.2 Å². The number of benzene rings is 1. The predicted octanol–water partition coefficient (Wildman–Crippen LogP) is 3.79. The maximum atomic E-state index is 10.0. The fourth-order valence-corrected chi connectivity index (χ4v) is 2.18. The molecule has 0 aliphatic heterocycles. The molecular weight excluding hydrogens is 252 g/mol. The van der Waals surface area contributed by atoms with Gasteiger partial charge in [0, 0.05) is 4.47 Å². The van der Waals surface area contributed by atoms with Gasteiger partial charge in [0.25, 0.3) is 0 Å². The van der Waals surface area contributed by atoms with Crippen molar-refractivity contribution in [3.8, 4) is 0 Å². The number of hydrogen-bond donors (Lipinski definition) is 1. The van der Waals surface area contributed by atoms with Gasteiger partial charge >= 0.3 is 0 Å². The molecule has 1 nitrogen and oxygen atoms in total. The molecule has 0 radical (unpaired) electrons. The minimum absolute atomic E-state index is 0.233. The highest BCUT2D eigenvalue weighted by Gasteiger charge is 2.14. The van der Waals surface area contributed by atoms with Gasteiger partial charge in [-0.2, -0.15) is 0 Å². The molecule has 15 heavy (non-hydrogen) atoms. The summed E-state index contributed by atoms with van der Waals surface area (Å²) in [6, 6.07) is 8.09. The lowest BCUT2D eigenvalue weighted by atomic mass is 9.94. The molecule has 0 heterocycles. The fraction of sp³-hybridized carbons (Fsp3) is 0.538. The minimum Gasteiger partial charge on any atom is -0.393 e. The van der Waals surface area contributed by atoms with Crippen molar-refractivity contribution in [2.45, 2.75) is 39.2 Å². The van der Waals surface area contributed by atoms with E-state index in [1.54, 1.807) is 0 Å². The summed E-state index contributed by atoms with van der Waals surface area (Å²) in [5, 5.41) is 10.0. The van der Waals surface area contributed by atoms with E-state index in [2.05, 4.69) is 35.8 Å². The molecule has 1 aromatic rings. The summed E-state index contributed by atoms with van der Waals surface area (Å²) in [5.41, 5.74) is 1.19. The lowest BCUT2D eigenvalue weighted by Crippen LogP contribution is -2.20. The number of aliphatic hydroxyl groups excluding tert-OH is 1. The van der Waals surface area contributed by atoms with E-state index < -0.39 is 0 Å². The second-order valence-corrected chi connectivity index (χ2v) is 4.98. The summed E-state index contributed by atoms with van der Waals surface area (Å²) in [6.45, 7) is 4.27. The Kier molecular flexibility index (Phi) is 5.34. The average Bonchev–Trinajstić information content (AvgIpc) is 2.21. The normalized spacial score (nSPS) is 14.9. The van der Waals surface area contributed by atoms with Crippen LogP contribution in [0, 0.1) is 5.92 Å². The van der Waals surface area contributed by atoms with Crippen molar-refractivity contribution in [3.05, 3.63) is 34.3 Å². The molecule has 0 aromatic heterocycles. The van der Waals surface area contributed by atoms with E-state index in [4.69, 9.17) is 0 Å². The van der Waals surface area contributed by atoms with E-state index in [-0.39, 0.29) is 6.10 Å². The van der Waals surface area contributed by atoms with Gasteiger partial charge in [0.05, 0.1) is 6.10 Å². The van der Waals surface area contributed by atoms with Crippen LogP contribution >= 0.6 is 15.9 Å². The van der Waals surface area contributed by atoms with Gasteiger partial charge in [-0.05, 0) is 30.4 Å². The second kappa shape index (κ2) is 6.29. The Balaban J connectivity index is 2.58. The van der Waals surface area contributed by atoms with Gasteiger partial charge in [0.2, 0.25) is 0 Å². The van der Waals surface area contributed by atoms with Gasteiger partial charge in [0.15, 0.2) is 0 Å². The molecule has 0 aliphatic rings. The van der Waals surface area contributed by atoms with Gasteiger partial charge in [-0.15, -0.1) is 0 Å². The van der Waals surface area contributed by atoms with Crippen LogP contribution in [0.25, 0.3) is 0 Å². The molecular formula is C13H19BrO. The highest BCUT2D eigenvalue weighted by atomic mass is 79.9. The van der Waals surface area contributed by atoms with E-state index in [9.17, 15) is 5.11 Å². The van der Waals surface area contributed by atoms with E-state index in [1.165, 1.54) is 5.56 Å². The van der Waals surface area contributed by atoms with Crippen LogP contribution in [0.2, 0.25) is 0 Å². The summed E-state index contributed by atoms with van der Waals surface area (Å²) in [5.74, 6) is 0.377. The quantitative estimate of drug-likeness (QED) is 0.863. The molecule has 0 saturated heterocycles. The smallest absolute Gasteiger partial charge is 0.0606 e. The largest absolute Gasteiger partial charge is 0.393 e. The molecule has 2 heteroatoms. The van der Waals surface area contributed by atoms with Crippen LogP contribution in [0.15, 0.2) is 28.7 Å². The van der Waals surface area contributed by atoms with Crippen LogP contribution in [-0.4, -0.2) is 11.2 Å². The summed E-state index contributed by atoms with van der Waals surface area (Å²) >= 11 is 3.50. The highest BCUT2D eigenvalue weighted by molar-refractivity contribution is 9.10. The summed E-state index contributed by atoms with van der Waals surface area (Å²) in [7, 11) is 0. The maximum Gasteiger partial charge on any atom is 0.0606 e. The van der Waals surface area contributed by atoms with Gasteiger partial charge < -0.3 is 5.11 Å². The first-order chi connectivity index (χ1) is 7.15. The molecule has 1 N–H and O–H groups in total. The third kappa shape index (κ3) is 3.96. The summed E-state index contributed by atoms with van der Waals surface area (Å²) < 4.78 is 1.09. The topological polar surface area (TPSA) is 20.2 Å². The zero-order valence-corrected chi connectivity index (χ0v) is 11.0. The lowest BCUT2D eigenvalue weighted by Gasteiger charge is -2.18. The second-order valence-electron chi connectivity index (χ2n) is 4.13. The molecule has 84 valence electrons. The molecule has 2 atom stereocenters. The lowest BCUT2D eigenvalue weighted by molar-refractivity contribution is 0.111. The van der Waals surface area contributed by atoms with Crippen molar-refractivity contribution in [1.29, 1.82) is 0 Å². The Labute approximate surface area is 101 Å². The Hall–Kier alpha value is -0.340. The Morgan fingerprint density at radius 2 is 2.00 bits per heavy atom. The first-order valence-corrected chi connectivity index (χ1v) is 6.36. The highest BCUT2D eigenvalue weighted by Crippen LogP contribution is 2.21. The molecule has 0 aliphatic carbocycles. The first-order valence-electron chi connectivity index (χ1n) is 5.56. The monoisotopic (exact) mass is 270 g/mol. The molecule has 0 spiro atoms. The van der Waals surface area contributed by atoms with Crippen LogP contribution in [0.4, 0.5) is 0 Å². The molecule has 1 rings (SSSR count). The molecule has 1 aromatic carbocycles. The van der Waals surface area contributed by atoms with Crippen LogP contribution in [-0.2, 0) is 6.42 Å². The maximum absolute atomic E-state index is 10.0. The minimum atomic E-state index is -0.233. The number of rotatable bonds is 5. The Morgan fingerprint density at radius 3 is 2.60 bits per heavy atom. The predicted molar refractivity (Wildman–Crippen MR) is 67.9 cm³/mol. The number of hydrogen-bond acceptors (Lipinski definition) is 1. The van der Waals surface area contributed by atoms with E-state index >= 15 is 0 Å². The van der Waals surface area contributed by atoms with Crippen molar-refractivity contribution in [3.63, 3.8) is 0 Å². The molecule has 0 bridgehead atoms. The zero-order valence-electron chi connectivity index (χ0n) is 9.41. The van der Waals surface area contributed by atoms with Gasteiger partial charge in [-0.3, -0.25) is 0 Å². The van der Waals surface area contributed by atoms with Crippen LogP contribution in [0.5, 0.6) is 0 Å². The van der Waals surface area contributed by atoms with Crippen LogP contribution in [0.1, 0.15) is 32.3 Å². The third-order valence-corrected chi connectivity index (χ3v) is 3.56. The van der Waals surface area contributed by atoms with E-state index in [0.717, 1.165) is 23.7 Å². The van der Waals surface area contributed by atoms with Crippen molar-refractivity contribution >= 4 is 15.9 Å². The molecule has 0 fully saturated rings. The van der Waals surface area contributed by atoms with Crippen LogP contribution in [0.3, 0.4) is 0 Å². The SMILES string of the molecule is CCCC(C)C(O)Cc1ccccc1Br. The third-order valence-electron chi connectivity index (χ3n) is 2.79. The molecule has 0 saturated carbocycles. The zero-order chi connectivity index (χ0) is 11.3.